The van der Waals surface area contributed by atoms with Gasteiger partial charge in [-0.05, 0) is 36.5 Å². The van der Waals surface area contributed by atoms with Crippen LogP contribution in [-0.2, 0) is 6.18 Å². The van der Waals surface area contributed by atoms with E-state index in [0.29, 0.717) is 6.07 Å². The maximum Gasteiger partial charge on any atom is 0.416 e. The summed E-state index contributed by atoms with van der Waals surface area (Å²) in [6.45, 7) is 3.03. The van der Waals surface area contributed by atoms with Crippen LogP contribution in [0.3, 0.4) is 0 Å². The van der Waals surface area contributed by atoms with Crippen molar-refractivity contribution >= 4 is 0 Å². The van der Waals surface area contributed by atoms with Gasteiger partial charge in [0.1, 0.15) is 5.82 Å². The molecule has 0 spiro atoms. The number of rotatable bonds is 3. The summed E-state index contributed by atoms with van der Waals surface area (Å²) < 4.78 is 54.1. The highest BCUT2D eigenvalue weighted by Gasteiger charge is 2.39. The van der Waals surface area contributed by atoms with E-state index in [4.69, 9.17) is 0 Å². The second-order valence-electron chi connectivity index (χ2n) is 6.86. The molecule has 0 aromatic heterocycles. The van der Waals surface area contributed by atoms with Gasteiger partial charge >= 0.3 is 6.18 Å². The maximum atomic E-state index is 13.5. The SMILES string of the molecule is Fc1ccc([C@H](C2CCCCC2)N2CCNCC2)c(C(F)(F)F)c1. The van der Waals surface area contributed by atoms with Gasteiger partial charge in [-0.15, -0.1) is 0 Å². The zero-order valence-corrected chi connectivity index (χ0v) is 13.7. The van der Waals surface area contributed by atoms with Crippen LogP contribution in [0.1, 0.15) is 49.3 Å². The van der Waals surface area contributed by atoms with Gasteiger partial charge in [-0.3, -0.25) is 4.90 Å². The molecule has 1 atom stereocenters. The topological polar surface area (TPSA) is 15.3 Å². The van der Waals surface area contributed by atoms with Crippen molar-refractivity contribution in [2.24, 2.45) is 5.92 Å². The Labute approximate surface area is 140 Å². The lowest BCUT2D eigenvalue weighted by molar-refractivity contribution is -0.139. The molecular formula is C18H24F4N2. The molecule has 0 radical (unpaired) electrons. The fourth-order valence-electron chi connectivity index (χ4n) is 4.19. The largest absolute Gasteiger partial charge is 0.416 e. The summed E-state index contributed by atoms with van der Waals surface area (Å²) in [6, 6.07) is 2.92. The Morgan fingerprint density at radius 2 is 1.71 bits per heavy atom. The third kappa shape index (κ3) is 3.91. The Kier molecular flexibility index (Phi) is 5.45. The molecule has 2 nitrogen and oxygen atoms in total. The summed E-state index contributed by atoms with van der Waals surface area (Å²) in [6.07, 6.45) is 0.650. The van der Waals surface area contributed by atoms with Crippen molar-refractivity contribution in [2.45, 2.75) is 44.3 Å². The number of piperazine rings is 1. The molecule has 3 rings (SSSR count). The first kappa shape index (κ1) is 17.7. The van der Waals surface area contributed by atoms with E-state index in [9.17, 15) is 17.6 Å². The molecule has 1 saturated heterocycles. The van der Waals surface area contributed by atoms with E-state index in [-0.39, 0.29) is 17.5 Å². The number of nitrogens with one attached hydrogen (secondary N) is 1. The molecule has 1 aromatic rings. The standard InChI is InChI=1S/C18H24F4N2/c19-14-6-7-15(16(12-14)18(20,21)22)17(13-4-2-1-3-5-13)24-10-8-23-9-11-24/h6-7,12-13,17,23H,1-5,8-11H2/t17-/m0/s1. The Balaban J connectivity index is 2.01. The summed E-state index contributed by atoms with van der Waals surface area (Å²) in [4.78, 5) is 2.16. The van der Waals surface area contributed by atoms with Gasteiger partial charge < -0.3 is 5.32 Å². The van der Waals surface area contributed by atoms with E-state index in [1.165, 1.54) is 12.1 Å². The molecule has 1 aliphatic carbocycles. The minimum absolute atomic E-state index is 0.211. The summed E-state index contributed by atoms with van der Waals surface area (Å²) in [5.74, 6) is -0.614. The Morgan fingerprint density at radius 1 is 1.04 bits per heavy atom. The third-order valence-electron chi connectivity index (χ3n) is 5.28. The highest BCUT2D eigenvalue weighted by atomic mass is 19.4. The molecule has 1 heterocycles. The summed E-state index contributed by atoms with van der Waals surface area (Å²) >= 11 is 0. The molecular weight excluding hydrogens is 320 g/mol. The van der Waals surface area contributed by atoms with Crippen molar-refractivity contribution in [1.29, 1.82) is 0 Å². The monoisotopic (exact) mass is 344 g/mol. The highest BCUT2D eigenvalue weighted by Crippen LogP contribution is 2.43. The number of halogens is 4. The number of hydrogen-bond acceptors (Lipinski definition) is 2. The summed E-state index contributed by atoms with van der Waals surface area (Å²) in [5, 5.41) is 3.25. The van der Waals surface area contributed by atoms with Gasteiger partial charge in [0.15, 0.2) is 0 Å². The first-order chi connectivity index (χ1) is 11.5. The molecule has 1 N–H and O–H groups in total. The lowest BCUT2D eigenvalue weighted by Crippen LogP contribution is -2.47. The average Bonchev–Trinajstić information content (AvgIpc) is 2.57. The highest BCUT2D eigenvalue weighted by molar-refractivity contribution is 5.34. The fraction of sp³-hybridized carbons (Fsp3) is 0.667. The molecule has 0 bridgehead atoms. The second kappa shape index (κ2) is 7.40. The molecule has 1 aliphatic heterocycles. The van der Waals surface area contributed by atoms with Gasteiger partial charge in [-0.25, -0.2) is 4.39 Å². The van der Waals surface area contributed by atoms with Crippen molar-refractivity contribution in [1.82, 2.24) is 10.2 Å². The molecule has 6 heteroatoms. The molecule has 2 aliphatic rings. The first-order valence-electron chi connectivity index (χ1n) is 8.78. The normalized spacial score (nSPS) is 22.5. The maximum absolute atomic E-state index is 13.5. The van der Waals surface area contributed by atoms with Gasteiger partial charge in [0.25, 0.3) is 0 Å². The van der Waals surface area contributed by atoms with Crippen LogP contribution in [-0.4, -0.2) is 31.1 Å². The second-order valence-corrected chi connectivity index (χ2v) is 6.86. The first-order valence-corrected chi connectivity index (χ1v) is 8.78. The predicted molar refractivity (Wildman–Crippen MR) is 85.2 cm³/mol. The van der Waals surface area contributed by atoms with E-state index in [2.05, 4.69) is 10.2 Å². The van der Waals surface area contributed by atoms with Crippen LogP contribution in [0.15, 0.2) is 18.2 Å². The number of nitrogens with zero attached hydrogens (tertiary/aromatic N) is 1. The minimum atomic E-state index is -4.53. The van der Waals surface area contributed by atoms with Gasteiger partial charge in [0, 0.05) is 32.2 Å². The van der Waals surface area contributed by atoms with Gasteiger partial charge in [0.05, 0.1) is 5.56 Å². The van der Waals surface area contributed by atoms with Crippen LogP contribution in [0, 0.1) is 11.7 Å². The van der Waals surface area contributed by atoms with Crippen LogP contribution in [0.5, 0.6) is 0 Å². The number of alkyl halides is 3. The minimum Gasteiger partial charge on any atom is -0.314 e. The molecule has 0 amide bonds. The Hall–Kier alpha value is -1.14. The zero-order valence-electron chi connectivity index (χ0n) is 13.7. The van der Waals surface area contributed by atoms with E-state index in [1.54, 1.807) is 0 Å². The van der Waals surface area contributed by atoms with E-state index >= 15 is 0 Å². The zero-order chi connectivity index (χ0) is 17.2. The number of benzene rings is 1. The quantitative estimate of drug-likeness (QED) is 0.819. The van der Waals surface area contributed by atoms with Crippen LogP contribution >= 0.6 is 0 Å². The van der Waals surface area contributed by atoms with Crippen molar-refractivity contribution < 1.29 is 17.6 Å². The molecule has 0 unspecified atom stereocenters. The molecule has 1 aromatic carbocycles. The van der Waals surface area contributed by atoms with Crippen LogP contribution in [0.2, 0.25) is 0 Å². The average molecular weight is 344 g/mol. The molecule has 1 saturated carbocycles. The van der Waals surface area contributed by atoms with Crippen molar-refractivity contribution in [3.8, 4) is 0 Å². The van der Waals surface area contributed by atoms with E-state index in [0.717, 1.165) is 58.3 Å². The van der Waals surface area contributed by atoms with Gasteiger partial charge in [-0.1, -0.05) is 25.3 Å². The van der Waals surface area contributed by atoms with Crippen LogP contribution < -0.4 is 5.32 Å². The molecule has 134 valence electrons. The van der Waals surface area contributed by atoms with Gasteiger partial charge in [0.2, 0.25) is 0 Å². The number of hydrogen-bond donors (Lipinski definition) is 1. The Bertz CT molecular complexity index is 528. The third-order valence-corrected chi connectivity index (χ3v) is 5.28. The van der Waals surface area contributed by atoms with E-state index in [1.807, 2.05) is 0 Å². The molecule has 24 heavy (non-hydrogen) atoms. The van der Waals surface area contributed by atoms with Crippen LogP contribution in [0.4, 0.5) is 17.6 Å². The smallest absolute Gasteiger partial charge is 0.314 e. The lowest BCUT2D eigenvalue weighted by Gasteiger charge is -2.42. The Morgan fingerprint density at radius 3 is 2.33 bits per heavy atom. The predicted octanol–water partition coefficient (Wildman–Crippen LogP) is 4.37. The lowest BCUT2D eigenvalue weighted by atomic mass is 9.79. The molecule has 2 fully saturated rings. The van der Waals surface area contributed by atoms with Gasteiger partial charge in [-0.2, -0.15) is 13.2 Å². The van der Waals surface area contributed by atoms with Crippen LogP contribution in [0.25, 0.3) is 0 Å². The summed E-state index contributed by atoms with van der Waals surface area (Å²) in [7, 11) is 0. The fourth-order valence-corrected chi connectivity index (χ4v) is 4.19. The van der Waals surface area contributed by atoms with Crippen molar-refractivity contribution in [3.05, 3.63) is 35.1 Å². The van der Waals surface area contributed by atoms with E-state index < -0.39 is 17.6 Å². The van der Waals surface area contributed by atoms with Crippen molar-refractivity contribution in [3.63, 3.8) is 0 Å². The van der Waals surface area contributed by atoms with Crippen molar-refractivity contribution in [2.75, 3.05) is 26.2 Å². The summed E-state index contributed by atoms with van der Waals surface area (Å²) in [5.41, 5.74) is -0.561.